The van der Waals surface area contributed by atoms with Crippen molar-refractivity contribution in [2.45, 2.75) is 45.3 Å². The van der Waals surface area contributed by atoms with E-state index in [2.05, 4.69) is 23.9 Å². The lowest BCUT2D eigenvalue weighted by molar-refractivity contribution is -0.174. The predicted octanol–water partition coefficient (Wildman–Crippen LogP) is 2.98. The Kier molecular flexibility index (Phi) is 7.76. The fourth-order valence-electron chi connectivity index (χ4n) is 1.45. The van der Waals surface area contributed by atoms with Crippen LogP contribution in [0.2, 0.25) is 0 Å². The number of nitrogens with one attached hydrogen (secondary N) is 1. The molecule has 0 saturated heterocycles. The summed E-state index contributed by atoms with van der Waals surface area (Å²) in [7, 11) is 1.83. The Morgan fingerprint density at radius 1 is 1.31 bits per heavy atom. The molecule has 0 spiro atoms. The van der Waals surface area contributed by atoms with E-state index in [4.69, 9.17) is 0 Å². The van der Waals surface area contributed by atoms with Gasteiger partial charge in [0.05, 0.1) is 0 Å². The van der Waals surface area contributed by atoms with E-state index in [9.17, 15) is 13.2 Å². The molecule has 98 valence electrons. The third kappa shape index (κ3) is 8.97. The minimum Gasteiger partial charge on any atom is -0.372 e. The van der Waals surface area contributed by atoms with Gasteiger partial charge in [-0.2, -0.15) is 13.2 Å². The van der Waals surface area contributed by atoms with Crippen molar-refractivity contribution in [2.24, 2.45) is 5.92 Å². The topological polar surface area (TPSA) is 21.3 Å². The first-order valence-corrected chi connectivity index (χ1v) is 5.70. The zero-order chi connectivity index (χ0) is 12.6. The quantitative estimate of drug-likeness (QED) is 0.660. The molecule has 2 unspecified atom stereocenters. The summed E-state index contributed by atoms with van der Waals surface area (Å²) in [4.78, 5) is 0. The van der Waals surface area contributed by atoms with Gasteiger partial charge in [-0.1, -0.05) is 20.3 Å². The molecule has 0 fully saturated rings. The van der Waals surface area contributed by atoms with Crippen LogP contribution in [0.5, 0.6) is 0 Å². The minimum atomic E-state index is -4.22. The second-order valence-electron chi connectivity index (χ2n) is 4.19. The van der Waals surface area contributed by atoms with Crippen LogP contribution < -0.4 is 5.32 Å². The van der Waals surface area contributed by atoms with E-state index in [1.54, 1.807) is 0 Å². The van der Waals surface area contributed by atoms with Crippen LogP contribution >= 0.6 is 0 Å². The minimum absolute atomic E-state index is 0.154. The Morgan fingerprint density at radius 2 is 1.94 bits per heavy atom. The molecular weight excluding hydrogens is 219 g/mol. The Bertz CT molecular complexity index is 173. The first-order chi connectivity index (χ1) is 7.39. The van der Waals surface area contributed by atoms with Gasteiger partial charge >= 0.3 is 6.18 Å². The number of rotatable bonds is 8. The van der Waals surface area contributed by atoms with E-state index in [1.165, 1.54) is 0 Å². The predicted molar refractivity (Wildman–Crippen MR) is 58.4 cm³/mol. The fraction of sp³-hybridized carbons (Fsp3) is 1.00. The molecule has 0 heterocycles. The van der Waals surface area contributed by atoms with Crippen molar-refractivity contribution in [1.82, 2.24) is 5.32 Å². The lowest BCUT2D eigenvalue weighted by Crippen LogP contribution is -2.29. The Labute approximate surface area is 95.5 Å². The molecule has 0 bridgehead atoms. The zero-order valence-electron chi connectivity index (χ0n) is 10.2. The molecule has 2 nitrogen and oxygen atoms in total. The summed E-state index contributed by atoms with van der Waals surface area (Å²) >= 11 is 0. The Hall–Kier alpha value is -0.290. The van der Waals surface area contributed by atoms with Crippen LogP contribution in [-0.4, -0.2) is 32.5 Å². The van der Waals surface area contributed by atoms with E-state index in [1.807, 2.05) is 7.05 Å². The lowest BCUT2D eigenvalue weighted by Gasteiger charge is -2.19. The van der Waals surface area contributed by atoms with E-state index in [0.717, 1.165) is 12.8 Å². The average molecular weight is 241 g/mol. The highest BCUT2D eigenvalue weighted by atomic mass is 19.4. The van der Waals surface area contributed by atoms with Gasteiger partial charge < -0.3 is 10.1 Å². The molecule has 5 heteroatoms. The van der Waals surface area contributed by atoms with Gasteiger partial charge in [0.15, 0.2) is 0 Å². The van der Waals surface area contributed by atoms with Gasteiger partial charge in [0.1, 0.15) is 6.61 Å². The Balaban J connectivity index is 3.63. The molecule has 0 aromatic carbocycles. The SMILES string of the molecule is CCC(C)CC(CCOCC(F)(F)F)NC. The average Bonchev–Trinajstić information content (AvgIpc) is 2.20. The molecule has 0 rings (SSSR count). The maximum Gasteiger partial charge on any atom is 0.411 e. The standard InChI is InChI=1S/C11H22F3NO/c1-4-9(2)7-10(15-3)5-6-16-8-11(12,13)14/h9-10,15H,4-8H2,1-3H3. The third-order valence-electron chi connectivity index (χ3n) is 2.67. The molecule has 2 atom stereocenters. The summed E-state index contributed by atoms with van der Waals surface area (Å²) < 4.78 is 39.9. The maximum atomic E-state index is 11.8. The third-order valence-corrected chi connectivity index (χ3v) is 2.67. The van der Waals surface area contributed by atoms with Gasteiger partial charge in [-0.15, -0.1) is 0 Å². The van der Waals surface area contributed by atoms with Crippen LogP contribution in [0.3, 0.4) is 0 Å². The summed E-state index contributed by atoms with van der Waals surface area (Å²) in [6.07, 6.45) is -1.53. The van der Waals surface area contributed by atoms with Crippen molar-refractivity contribution in [3.63, 3.8) is 0 Å². The van der Waals surface area contributed by atoms with E-state index in [-0.39, 0.29) is 12.6 Å². The monoisotopic (exact) mass is 241 g/mol. The largest absolute Gasteiger partial charge is 0.411 e. The zero-order valence-corrected chi connectivity index (χ0v) is 10.2. The number of ether oxygens (including phenoxy) is 1. The summed E-state index contributed by atoms with van der Waals surface area (Å²) in [5, 5.41) is 3.10. The molecule has 0 aromatic heterocycles. The molecule has 16 heavy (non-hydrogen) atoms. The van der Waals surface area contributed by atoms with Crippen LogP contribution in [-0.2, 0) is 4.74 Å². The van der Waals surface area contributed by atoms with Gasteiger partial charge in [-0.3, -0.25) is 0 Å². The van der Waals surface area contributed by atoms with Crippen molar-refractivity contribution in [1.29, 1.82) is 0 Å². The van der Waals surface area contributed by atoms with Gasteiger partial charge in [0.25, 0.3) is 0 Å². The van der Waals surface area contributed by atoms with Crippen molar-refractivity contribution in [3.05, 3.63) is 0 Å². The molecule has 0 saturated carbocycles. The molecule has 0 aliphatic rings. The highest BCUT2D eigenvalue weighted by molar-refractivity contribution is 4.67. The van der Waals surface area contributed by atoms with Crippen molar-refractivity contribution < 1.29 is 17.9 Å². The first-order valence-electron chi connectivity index (χ1n) is 5.70. The second kappa shape index (κ2) is 7.90. The number of hydrogen-bond acceptors (Lipinski definition) is 2. The summed E-state index contributed by atoms with van der Waals surface area (Å²) in [6, 6.07) is 0.239. The van der Waals surface area contributed by atoms with Crippen molar-refractivity contribution in [2.75, 3.05) is 20.3 Å². The maximum absolute atomic E-state index is 11.8. The lowest BCUT2D eigenvalue weighted by atomic mass is 9.98. The van der Waals surface area contributed by atoms with Crippen LogP contribution in [0.1, 0.15) is 33.1 Å². The van der Waals surface area contributed by atoms with Gasteiger partial charge in [0, 0.05) is 12.6 Å². The molecule has 1 N–H and O–H groups in total. The summed E-state index contributed by atoms with van der Waals surface area (Å²) in [5.74, 6) is 0.583. The van der Waals surface area contributed by atoms with Crippen LogP contribution in [0.25, 0.3) is 0 Å². The summed E-state index contributed by atoms with van der Waals surface area (Å²) in [5.41, 5.74) is 0. The van der Waals surface area contributed by atoms with Gasteiger partial charge in [-0.25, -0.2) is 0 Å². The molecule has 0 aliphatic carbocycles. The van der Waals surface area contributed by atoms with E-state index < -0.39 is 12.8 Å². The van der Waals surface area contributed by atoms with Crippen molar-refractivity contribution >= 4 is 0 Å². The normalized spacial score (nSPS) is 16.1. The number of halogens is 3. The second-order valence-corrected chi connectivity index (χ2v) is 4.19. The van der Waals surface area contributed by atoms with Crippen LogP contribution in [0.15, 0.2) is 0 Å². The number of alkyl halides is 3. The van der Waals surface area contributed by atoms with Gasteiger partial charge in [0.2, 0.25) is 0 Å². The molecule has 0 aliphatic heterocycles. The van der Waals surface area contributed by atoms with E-state index >= 15 is 0 Å². The van der Waals surface area contributed by atoms with Crippen LogP contribution in [0.4, 0.5) is 13.2 Å². The first kappa shape index (κ1) is 15.7. The van der Waals surface area contributed by atoms with E-state index in [0.29, 0.717) is 12.3 Å². The number of hydrogen-bond donors (Lipinski definition) is 1. The highest BCUT2D eigenvalue weighted by Gasteiger charge is 2.27. The molecule has 0 amide bonds. The molecule has 0 aromatic rings. The van der Waals surface area contributed by atoms with Gasteiger partial charge in [-0.05, 0) is 25.8 Å². The molecule has 0 radical (unpaired) electrons. The fourth-order valence-corrected chi connectivity index (χ4v) is 1.45. The highest BCUT2D eigenvalue weighted by Crippen LogP contribution is 2.15. The summed E-state index contributed by atoms with van der Waals surface area (Å²) in [6.45, 7) is 3.26. The smallest absolute Gasteiger partial charge is 0.372 e. The molecular formula is C11H22F3NO. The van der Waals surface area contributed by atoms with Crippen LogP contribution in [0, 0.1) is 5.92 Å². The van der Waals surface area contributed by atoms with Crippen molar-refractivity contribution in [3.8, 4) is 0 Å². The Morgan fingerprint density at radius 3 is 2.38 bits per heavy atom.